The molecule has 0 aliphatic rings. The lowest BCUT2D eigenvalue weighted by atomic mass is 10.4. The van der Waals surface area contributed by atoms with Crippen LogP contribution in [0.5, 0.6) is 0 Å². The van der Waals surface area contributed by atoms with Crippen LogP contribution in [0.25, 0.3) is 0 Å². The van der Waals surface area contributed by atoms with E-state index in [2.05, 4.69) is 32.8 Å². The van der Waals surface area contributed by atoms with E-state index in [9.17, 15) is 4.79 Å². The van der Waals surface area contributed by atoms with Gasteiger partial charge in [0.25, 0.3) is 0 Å². The molecule has 0 unspecified atom stereocenters. The number of esters is 1. The molecule has 0 bridgehead atoms. The number of rotatable bonds is 11. The maximum absolute atomic E-state index is 11.2. The highest BCUT2D eigenvalue weighted by atomic mass is 28.3. The van der Waals surface area contributed by atoms with Crippen LogP contribution >= 0.6 is 0 Å². The van der Waals surface area contributed by atoms with Gasteiger partial charge in [-0.3, -0.25) is 0 Å². The van der Waals surface area contributed by atoms with E-state index < -0.39 is 34.3 Å². The molecule has 0 aliphatic heterocycles. The Bertz CT molecular complexity index is 287. The first-order valence-corrected chi connectivity index (χ1v) is 14.2. The van der Waals surface area contributed by atoms with Crippen molar-refractivity contribution in [1.82, 2.24) is 0 Å². The smallest absolute Gasteiger partial charge is 0.333 e. The summed E-state index contributed by atoms with van der Waals surface area (Å²) in [7, 11) is -3.03. The van der Waals surface area contributed by atoms with Crippen molar-refractivity contribution in [3.05, 3.63) is 12.2 Å². The van der Waals surface area contributed by atoms with Crippen LogP contribution in [0.3, 0.4) is 0 Å². The Morgan fingerprint density at radius 2 is 1.75 bits per heavy atom. The Hall–Kier alpha value is -0.259. The second-order valence-corrected chi connectivity index (χ2v) is 11.3. The fourth-order valence-electron chi connectivity index (χ4n) is 1.23. The zero-order valence-corrected chi connectivity index (χ0v) is 17.0. The number of hydrogen-bond acceptors (Lipinski definition) is 5. The van der Waals surface area contributed by atoms with Gasteiger partial charge in [0.1, 0.15) is 0 Å². The lowest BCUT2D eigenvalue weighted by molar-refractivity contribution is -0.146. The molecule has 0 aromatic heterocycles. The van der Waals surface area contributed by atoms with Crippen LogP contribution in [0.1, 0.15) is 13.3 Å². The van der Waals surface area contributed by atoms with Crippen LogP contribution in [-0.2, 0) is 22.8 Å². The van der Waals surface area contributed by atoms with Crippen LogP contribution in [0.2, 0.25) is 32.2 Å². The second-order valence-electron chi connectivity index (χ2n) is 5.15. The minimum atomic E-state index is -1.16. The Kier molecular flexibility index (Phi) is 11.3. The van der Waals surface area contributed by atoms with Crippen molar-refractivity contribution in [3.63, 3.8) is 0 Å². The van der Waals surface area contributed by atoms with Crippen LogP contribution < -0.4 is 0 Å². The van der Waals surface area contributed by atoms with Crippen molar-refractivity contribution < 1.29 is 22.8 Å². The maximum atomic E-state index is 11.2. The third-order valence-corrected chi connectivity index (χ3v) is 4.97. The molecule has 0 amide bonds. The molecule has 0 heterocycles. The second kappa shape index (κ2) is 11.4. The molecule has 0 atom stereocenters. The first-order chi connectivity index (χ1) is 9.32. The maximum Gasteiger partial charge on any atom is 0.333 e. The first kappa shape index (κ1) is 19.7. The van der Waals surface area contributed by atoms with E-state index in [0.29, 0.717) is 12.2 Å². The Morgan fingerprint density at radius 1 is 1.20 bits per heavy atom. The van der Waals surface area contributed by atoms with Gasteiger partial charge in [-0.15, -0.1) is 0 Å². The zero-order chi connectivity index (χ0) is 15.5. The lowest BCUT2D eigenvalue weighted by Gasteiger charge is -2.23. The minimum absolute atomic E-state index is 0.325. The molecule has 118 valence electrons. The van der Waals surface area contributed by atoms with Gasteiger partial charge in [0, 0.05) is 5.57 Å². The van der Waals surface area contributed by atoms with Crippen LogP contribution in [0, 0.1) is 0 Å². The molecule has 0 saturated heterocycles. The summed E-state index contributed by atoms with van der Waals surface area (Å²) in [6.07, 6.45) is 0.816. The summed E-state index contributed by atoms with van der Waals surface area (Å²) in [5.74, 6) is -0.325. The van der Waals surface area contributed by atoms with Gasteiger partial charge in [-0.2, -0.15) is 0 Å². The molecule has 0 aromatic carbocycles. The summed E-state index contributed by atoms with van der Waals surface area (Å²) < 4.78 is 22.2. The van der Waals surface area contributed by atoms with Crippen molar-refractivity contribution in [2.75, 3.05) is 6.61 Å². The average Bonchev–Trinajstić information content (AvgIpc) is 2.31. The van der Waals surface area contributed by atoms with Gasteiger partial charge in [0.2, 0.25) is 6.48 Å². The molecule has 0 saturated carbocycles. The van der Waals surface area contributed by atoms with Crippen molar-refractivity contribution in [1.29, 1.82) is 0 Å². The number of carbonyl (C=O) groups is 1. The van der Waals surface area contributed by atoms with Crippen LogP contribution in [0.15, 0.2) is 12.2 Å². The molecule has 0 N–H and O–H groups in total. The summed E-state index contributed by atoms with van der Waals surface area (Å²) in [6.45, 7) is 13.5. The van der Waals surface area contributed by atoms with Crippen molar-refractivity contribution in [3.8, 4) is 0 Å². The predicted molar refractivity (Wildman–Crippen MR) is 88.5 cm³/mol. The normalized spacial score (nSPS) is 12.0. The fourth-order valence-corrected chi connectivity index (χ4v) is 3.77. The highest BCUT2D eigenvalue weighted by Crippen LogP contribution is 2.04. The molecular formula is C12H28O5Si3. The molecule has 20 heavy (non-hydrogen) atoms. The first-order valence-electron chi connectivity index (χ1n) is 7.08. The molecule has 0 aromatic rings. The monoisotopic (exact) mass is 336 g/mol. The van der Waals surface area contributed by atoms with Gasteiger partial charge in [-0.25, -0.2) is 4.79 Å². The summed E-state index contributed by atoms with van der Waals surface area (Å²) in [4.78, 5) is 11.2. The van der Waals surface area contributed by atoms with E-state index >= 15 is 0 Å². The van der Waals surface area contributed by atoms with Crippen molar-refractivity contribution >= 4 is 33.8 Å². The third kappa shape index (κ3) is 11.6. The van der Waals surface area contributed by atoms with E-state index in [1.165, 1.54) is 0 Å². The standard InChI is InChI=1S/C12H28O5Si3/c1-10(2)11(13)14-8-7-9-18-15-12(16-19(3)4)17-20(5)6/h12,19-20H,1,7-9,18H2,2-6H3. The molecule has 5 nitrogen and oxygen atoms in total. The highest BCUT2D eigenvalue weighted by Gasteiger charge is 2.14. The Morgan fingerprint density at radius 3 is 2.20 bits per heavy atom. The third-order valence-electron chi connectivity index (χ3n) is 2.14. The van der Waals surface area contributed by atoms with Crippen LogP contribution in [0.4, 0.5) is 0 Å². The minimum Gasteiger partial charge on any atom is -0.462 e. The molecule has 0 spiro atoms. The number of hydrogen-bond donors (Lipinski definition) is 0. The number of ether oxygens (including phenoxy) is 1. The average molecular weight is 337 g/mol. The quantitative estimate of drug-likeness (QED) is 0.187. The molecular weight excluding hydrogens is 308 g/mol. The fraction of sp³-hybridized carbons (Fsp3) is 0.750. The lowest BCUT2D eigenvalue weighted by Crippen LogP contribution is -2.31. The molecule has 0 radical (unpaired) electrons. The summed E-state index contributed by atoms with van der Waals surface area (Å²) in [5, 5.41) is 0. The predicted octanol–water partition coefficient (Wildman–Crippen LogP) is 1.30. The zero-order valence-electron chi connectivity index (χ0n) is 13.3. The van der Waals surface area contributed by atoms with Gasteiger partial charge < -0.3 is 18.0 Å². The van der Waals surface area contributed by atoms with Gasteiger partial charge in [-0.05, 0) is 45.6 Å². The van der Waals surface area contributed by atoms with E-state index in [1.54, 1.807) is 6.92 Å². The van der Waals surface area contributed by atoms with E-state index in [1.807, 2.05) is 0 Å². The van der Waals surface area contributed by atoms with Crippen molar-refractivity contribution in [2.45, 2.75) is 52.1 Å². The van der Waals surface area contributed by atoms with E-state index in [0.717, 1.165) is 12.5 Å². The number of carbonyl (C=O) groups excluding carboxylic acids is 1. The van der Waals surface area contributed by atoms with E-state index in [4.69, 9.17) is 18.0 Å². The van der Waals surface area contributed by atoms with Gasteiger partial charge >= 0.3 is 5.97 Å². The molecule has 0 aliphatic carbocycles. The summed E-state index contributed by atoms with van der Waals surface area (Å²) in [6, 6.07) is 0.937. The van der Waals surface area contributed by atoms with Crippen molar-refractivity contribution in [2.24, 2.45) is 0 Å². The largest absolute Gasteiger partial charge is 0.462 e. The Labute approximate surface area is 128 Å². The molecule has 0 fully saturated rings. The van der Waals surface area contributed by atoms with E-state index in [-0.39, 0.29) is 5.97 Å². The summed E-state index contributed by atoms with van der Waals surface area (Å²) >= 11 is 0. The Balaban J connectivity index is 3.72. The topological polar surface area (TPSA) is 54.0 Å². The molecule has 8 heteroatoms. The summed E-state index contributed by atoms with van der Waals surface area (Å²) in [5.41, 5.74) is 0.434. The molecule has 0 rings (SSSR count). The van der Waals surface area contributed by atoms with Gasteiger partial charge in [0.05, 0.1) is 6.61 Å². The van der Waals surface area contributed by atoms with Gasteiger partial charge in [-0.1, -0.05) is 6.58 Å². The van der Waals surface area contributed by atoms with Crippen LogP contribution in [-0.4, -0.2) is 46.9 Å². The van der Waals surface area contributed by atoms with Gasteiger partial charge in [0.15, 0.2) is 27.8 Å². The highest BCUT2D eigenvalue weighted by molar-refractivity contribution is 6.49. The SMILES string of the molecule is C=C(C)C(=O)OCCC[SiH2]OC(O[SiH](C)C)O[SiH](C)C.